The van der Waals surface area contributed by atoms with E-state index in [9.17, 15) is 0 Å². The van der Waals surface area contributed by atoms with Crippen molar-refractivity contribution in [1.82, 2.24) is 0 Å². The summed E-state index contributed by atoms with van der Waals surface area (Å²) in [6, 6.07) is 7.62. The van der Waals surface area contributed by atoms with Crippen molar-refractivity contribution in [2.45, 2.75) is 19.6 Å². The standard InChI is InChI=1S/C13H17NO2Si/c1-15-13-10-11(6-5-9-14)7-8-12(13)16-17(2,3)4/h5-8,10H,1-4H3/b6-5+. The van der Waals surface area contributed by atoms with Gasteiger partial charge in [0, 0.05) is 6.08 Å². The Morgan fingerprint density at radius 1 is 1.24 bits per heavy atom. The Bertz CT molecular complexity index is 455. The van der Waals surface area contributed by atoms with Gasteiger partial charge in [0.1, 0.15) is 5.75 Å². The van der Waals surface area contributed by atoms with Gasteiger partial charge in [0.25, 0.3) is 0 Å². The van der Waals surface area contributed by atoms with E-state index in [1.165, 1.54) is 6.08 Å². The third-order valence-electron chi connectivity index (χ3n) is 1.95. The van der Waals surface area contributed by atoms with Crippen molar-refractivity contribution in [1.29, 1.82) is 5.26 Å². The van der Waals surface area contributed by atoms with Crippen molar-refractivity contribution < 1.29 is 9.16 Å². The highest BCUT2D eigenvalue weighted by molar-refractivity contribution is 6.70. The van der Waals surface area contributed by atoms with Crippen LogP contribution in [0, 0.1) is 11.3 Å². The number of ether oxygens (including phenoxy) is 1. The minimum absolute atomic E-state index is 0.701. The van der Waals surface area contributed by atoms with E-state index < -0.39 is 8.32 Å². The second kappa shape index (κ2) is 5.55. The molecular formula is C13H17NO2Si. The number of nitriles is 1. The number of hydrogen-bond donors (Lipinski definition) is 0. The van der Waals surface area contributed by atoms with Gasteiger partial charge < -0.3 is 9.16 Å². The summed E-state index contributed by atoms with van der Waals surface area (Å²) in [5.41, 5.74) is 0.923. The first-order valence-electron chi connectivity index (χ1n) is 5.39. The summed E-state index contributed by atoms with van der Waals surface area (Å²) in [4.78, 5) is 0. The van der Waals surface area contributed by atoms with E-state index in [1.807, 2.05) is 24.3 Å². The summed E-state index contributed by atoms with van der Waals surface area (Å²) in [6.07, 6.45) is 3.18. The van der Waals surface area contributed by atoms with E-state index in [-0.39, 0.29) is 0 Å². The zero-order valence-electron chi connectivity index (χ0n) is 10.7. The molecule has 3 nitrogen and oxygen atoms in total. The number of nitrogens with zero attached hydrogens (tertiary/aromatic N) is 1. The third kappa shape index (κ3) is 4.33. The number of rotatable bonds is 4. The fourth-order valence-electron chi connectivity index (χ4n) is 1.34. The van der Waals surface area contributed by atoms with Crippen LogP contribution in [-0.2, 0) is 0 Å². The second-order valence-corrected chi connectivity index (χ2v) is 9.02. The SMILES string of the molecule is COc1cc(/C=C/C#N)ccc1O[Si](C)(C)C. The van der Waals surface area contributed by atoms with Gasteiger partial charge >= 0.3 is 0 Å². The maximum Gasteiger partial charge on any atom is 0.242 e. The highest BCUT2D eigenvalue weighted by atomic mass is 28.4. The molecule has 0 bridgehead atoms. The van der Waals surface area contributed by atoms with Gasteiger partial charge in [0.15, 0.2) is 5.75 Å². The molecule has 17 heavy (non-hydrogen) atoms. The number of benzene rings is 1. The van der Waals surface area contributed by atoms with Crippen molar-refractivity contribution >= 4 is 14.4 Å². The molecule has 0 N–H and O–H groups in total. The lowest BCUT2D eigenvalue weighted by atomic mass is 10.2. The summed E-state index contributed by atoms with van der Waals surface area (Å²) in [5.74, 6) is 1.47. The molecule has 1 rings (SSSR count). The molecule has 0 saturated heterocycles. The average molecular weight is 247 g/mol. The molecule has 0 unspecified atom stereocenters. The van der Waals surface area contributed by atoms with Crippen LogP contribution in [0.3, 0.4) is 0 Å². The minimum Gasteiger partial charge on any atom is -0.542 e. The molecule has 4 heteroatoms. The van der Waals surface area contributed by atoms with Crippen LogP contribution in [0.5, 0.6) is 11.5 Å². The predicted octanol–water partition coefficient (Wildman–Crippen LogP) is 3.45. The number of hydrogen-bond acceptors (Lipinski definition) is 3. The van der Waals surface area contributed by atoms with Crippen LogP contribution in [-0.4, -0.2) is 15.4 Å². The van der Waals surface area contributed by atoms with Crippen molar-refractivity contribution in [2.75, 3.05) is 7.11 Å². The Labute approximate surface area is 103 Å². The van der Waals surface area contributed by atoms with Gasteiger partial charge in [-0.15, -0.1) is 0 Å². The highest BCUT2D eigenvalue weighted by Crippen LogP contribution is 2.30. The summed E-state index contributed by atoms with van der Waals surface area (Å²) in [6.45, 7) is 6.36. The lowest BCUT2D eigenvalue weighted by molar-refractivity contribution is 0.392. The smallest absolute Gasteiger partial charge is 0.242 e. The Morgan fingerprint density at radius 2 is 1.94 bits per heavy atom. The molecule has 0 atom stereocenters. The third-order valence-corrected chi connectivity index (χ3v) is 2.79. The van der Waals surface area contributed by atoms with Gasteiger partial charge in [0.2, 0.25) is 8.32 Å². The highest BCUT2D eigenvalue weighted by Gasteiger charge is 2.18. The van der Waals surface area contributed by atoms with Gasteiger partial charge in [-0.2, -0.15) is 5.26 Å². The van der Waals surface area contributed by atoms with Crippen LogP contribution in [0.1, 0.15) is 5.56 Å². The average Bonchev–Trinajstić information content (AvgIpc) is 2.25. The molecule has 0 aliphatic rings. The zero-order chi connectivity index (χ0) is 12.9. The van der Waals surface area contributed by atoms with Gasteiger partial charge in [-0.3, -0.25) is 0 Å². The van der Waals surface area contributed by atoms with E-state index >= 15 is 0 Å². The van der Waals surface area contributed by atoms with Crippen LogP contribution in [0.25, 0.3) is 6.08 Å². The van der Waals surface area contributed by atoms with Gasteiger partial charge in [-0.1, -0.05) is 6.07 Å². The number of methoxy groups -OCH3 is 1. The van der Waals surface area contributed by atoms with Gasteiger partial charge in [-0.25, -0.2) is 0 Å². The maximum atomic E-state index is 8.47. The van der Waals surface area contributed by atoms with Gasteiger partial charge in [0.05, 0.1) is 13.2 Å². The van der Waals surface area contributed by atoms with Gasteiger partial charge in [-0.05, 0) is 43.4 Å². The van der Waals surface area contributed by atoms with E-state index in [0.717, 1.165) is 11.3 Å². The molecule has 0 aliphatic carbocycles. The molecule has 0 aromatic heterocycles. The van der Waals surface area contributed by atoms with Crippen LogP contribution < -0.4 is 9.16 Å². The molecule has 1 aromatic carbocycles. The molecule has 0 amide bonds. The van der Waals surface area contributed by atoms with Crippen molar-refractivity contribution in [3.63, 3.8) is 0 Å². The lowest BCUT2D eigenvalue weighted by Gasteiger charge is -2.21. The molecule has 0 radical (unpaired) electrons. The Kier molecular flexibility index (Phi) is 4.35. The van der Waals surface area contributed by atoms with E-state index in [4.69, 9.17) is 14.4 Å². The molecule has 0 heterocycles. The number of allylic oxidation sites excluding steroid dienone is 1. The van der Waals surface area contributed by atoms with Crippen molar-refractivity contribution in [2.24, 2.45) is 0 Å². The molecule has 90 valence electrons. The summed E-state index contributed by atoms with van der Waals surface area (Å²) >= 11 is 0. The Hall–Kier alpha value is -1.73. The zero-order valence-corrected chi connectivity index (χ0v) is 11.7. The largest absolute Gasteiger partial charge is 0.542 e. The first kappa shape index (κ1) is 13.3. The first-order chi connectivity index (χ1) is 7.96. The van der Waals surface area contributed by atoms with E-state index in [1.54, 1.807) is 13.2 Å². The first-order valence-corrected chi connectivity index (χ1v) is 8.80. The quantitative estimate of drug-likeness (QED) is 0.604. The summed E-state index contributed by atoms with van der Waals surface area (Å²) in [7, 11) is -0.0236. The van der Waals surface area contributed by atoms with Crippen LogP contribution >= 0.6 is 0 Å². The van der Waals surface area contributed by atoms with Crippen molar-refractivity contribution in [3.8, 4) is 17.6 Å². The molecular weight excluding hydrogens is 230 g/mol. The molecule has 0 fully saturated rings. The maximum absolute atomic E-state index is 8.47. The lowest BCUT2D eigenvalue weighted by Crippen LogP contribution is -2.29. The molecule has 1 aromatic rings. The monoisotopic (exact) mass is 247 g/mol. The van der Waals surface area contributed by atoms with E-state index in [0.29, 0.717) is 5.75 Å². The molecule has 0 aliphatic heterocycles. The Balaban J connectivity index is 3.02. The second-order valence-electron chi connectivity index (χ2n) is 4.59. The Morgan fingerprint density at radius 3 is 2.47 bits per heavy atom. The predicted molar refractivity (Wildman–Crippen MR) is 71.6 cm³/mol. The normalized spacial score (nSPS) is 11.2. The summed E-state index contributed by atoms with van der Waals surface area (Å²) < 4.78 is 11.2. The summed E-state index contributed by atoms with van der Waals surface area (Å²) in [5, 5.41) is 8.47. The molecule has 0 spiro atoms. The fraction of sp³-hybridized carbons (Fsp3) is 0.308. The van der Waals surface area contributed by atoms with Crippen LogP contribution in [0.15, 0.2) is 24.3 Å². The van der Waals surface area contributed by atoms with Crippen molar-refractivity contribution in [3.05, 3.63) is 29.8 Å². The van der Waals surface area contributed by atoms with Crippen LogP contribution in [0.2, 0.25) is 19.6 Å². The van der Waals surface area contributed by atoms with E-state index in [2.05, 4.69) is 19.6 Å². The van der Waals surface area contributed by atoms with Crippen LogP contribution in [0.4, 0.5) is 0 Å². The molecule has 0 saturated carbocycles. The fourth-order valence-corrected chi connectivity index (χ4v) is 2.16. The topological polar surface area (TPSA) is 42.2 Å². The minimum atomic E-state index is -1.64.